The Bertz CT molecular complexity index is 4130. The summed E-state index contributed by atoms with van der Waals surface area (Å²) >= 11 is 0. The van der Waals surface area contributed by atoms with Crippen molar-refractivity contribution in [3.8, 4) is 52.1 Å². The topological polar surface area (TPSA) is 159 Å². The van der Waals surface area contributed by atoms with Gasteiger partial charge < -0.3 is 47.0 Å². The van der Waals surface area contributed by atoms with E-state index in [1.54, 1.807) is 56.9 Å². The molecule has 4 heterocycles. The molecule has 10 aromatic rings. The van der Waals surface area contributed by atoms with E-state index in [1.807, 2.05) is 48.5 Å². The highest BCUT2D eigenvalue weighted by atomic mass is 16.5. The second kappa shape index (κ2) is 33.3. The molecule has 10 rings (SSSR count). The van der Waals surface area contributed by atoms with Crippen LogP contribution in [0, 0.1) is 11.3 Å². The molecule has 0 N–H and O–H groups in total. The summed E-state index contributed by atoms with van der Waals surface area (Å²) in [5.41, 5.74) is 15.1. The summed E-state index contributed by atoms with van der Waals surface area (Å²) in [4.78, 5) is 21.3. The third-order valence-corrected chi connectivity index (χ3v) is 17.5. The SMILES string of the molecule is CCCCCCc1ccc2c(c1)nc(CCc1ccc(OC)cc1OC)c1nc(CCCC)n(Cc3ccc(OC)cc3OC)c12.CCCCc1nc2c(CCc3ccc(OC)cc3OC)nc3cc(CCCCC#N)ccc3c2n1Cc1ccc(OC)cc1OC. The largest absolute Gasteiger partial charge is 0.497 e. The molecule has 0 aliphatic heterocycles. The third-order valence-electron chi connectivity index (χ3n) is 17.5. The monoisotopic (exact) mass is 1240 g/mol. The Labute approximate surface area is 544 Å². The molecule has 0 radical (unpaired) electrons. The molecular formula is C77H93N7O8. The first-order chi connectivity index (χ1) is 45.0. The van der Waals surface area contributed by atoms with E-state index in [2.05, 4.69) is 96.6 Å². The van der Waals surface area contributed by atoms with Crippen LogP contribution in [0.5, 0.6) is 46.0 Å². The Morgan fingerprint density at radius 2 is 0.739 bits per heavy atom. The second-order valence-electron chi connectivity index (χ2n) is 23.5. The summed E-state index contributed by atoms with van der Waals surface area (Å²) in [6, 6.07) is 39.8. The van der Waals surface area contributed by atoms with Gasteiger partial charge in [-0.15, -0.1) is 0 Å². The number of unbranched alkanes of at least 4 members (excludes halogenated alkanes) is 7. The van der Waals surface area contributed by atoms with Crippen molar-refractivity contribution >= 4 is 43.9 Å². The molecule has 0 aliphatic rings. The Kier molecular flexibility index (Phi) is 24.4. The molecule has 0 saturated heterocycles. The minimum absolute atomic E-state index is 0.583. The molecule has 4 aromatic heterocycles. The van der Waals surface area contributed by atoms with Crippen molar-refractivity contribution in [3.63, 3.8) is 0 Å². The number of pyridine rings is 2. The summed E-state index contributed by atoms with van der Waals surface area (Å²) in [5, 5.41) is 11.2. The molecule has 0 amide bonds. The van der Waals surface area contributed by atoms with Crippen molar-refractivity contribution in [2.45, 2.75) is 156 Å². The Hall–Kier alpha value is -9.03. The van der Waals surface area contributed by atoms with Crippen molar-refractivity contribution in [1.82, 2.24) is 29.1 Å². The van der Waals surface area contributed by atoms with Crippen LogP contribution in [0.15, 0.2) is 109 Å². The van der Waals surface area contributed by atoms with E-state index in [9.17, 15) is 0 Å². The fourth-order valence-corrected chi connectivity index (χ4v) is 12.4. The van der Waals surface area contributed by atoms with Gasteiger partial charge in [0.15, 0.2) is 0 Å². The number of fused-ring (bicyclic) bond motifs is 6. The number of methoxy groups -OCH3 is 8. The number of imidazole rings is 2. The summed E-state index contributed by atoms with van der Waals surface area (Å²) in [6.45, 7) is 7.96. The highest BCUT2D eigenvalue weighted by Gasteiger charge is 2.24. The Morgan fingerprint density at radius 1 is 0.359 bits per heavy atom. The van der Waals surface area contributed by atoms with E-state index in [0.29, 0.717) is 25.9 Å². The zero-order valence-corrected chi connectivity index (χ0v) is 56.1. The minimum atomic E-state index is 0.583. The van der Waals surface area contributed by atoms with E-state index < -0.39 is 0 Å². The first-order valence-corrected chi connectivity index (χ1v) is 32.9. The number of hydrogen-bond donors (Lipinski definition) is 0. The average Bonchev–Trinajstić information content (AvgIpc) is 1.57. The molecule has 15 heteroatoms. The Morgan fingerprint density at radius 3 is 1.11 bits per heavy atom. The summed E-state index contributed by atoms with van der Waals surface area (Å²) in [6.07, 6.45) is 18.4. The van der Waals surface area contributed by atoms with Gasteiger partial charge in [0.2, 0.25) is 0 Å². The van der Waals surface area contributed by atoms with Crippen LogP contribution in [0.25, 0.3) is 43.9 Å². The number of benzene rings is 6. The van der Waals surface area contributed by atoms with Crippen molar-refractivity contribution < 1.29 is 37.9 Å². The van der Waals surface area contributed by atoms with Gasteiger partial charge in [0.25, 0.3) is 0 Å². The normalized spacial score (nSPS) is 11.2. The fourth-order valence-electron chi connectivity index (χ4n) is 12.4. The number of rotatable bonds is 33. The van der Waals surface area contributed by atoms with Crippen molar-refractivity contribution in [1.29, 1.82) is 5.26 Å². The number of aromatic nitrogens is 6. The van der Waals surface area contributed by atoms with Crippen LogP contribution in [-0.4, -0.2) is 85.9 Å². The van der Waals surface area contributed by atoms with Crippen LogP contribution in [0.4, 0.5) is 0 Å². The van der Waals surface area contributed by atoms with Gasteiger partial charge in [-0.05, 0) is 141 Å². The van der Waals surface area contributed by atoms with Gasteiger partial charge in [-0.1, -0.05) is 89.3 Å². The number of ether oxygens (including phenoxy) is 8. The molecule has 92 heavy (non-hydrogen) atoms. The van der Waals surface area contributed by atoms with E-state index in [4.69, 9.17) is 63.1 Å². The second-order valence-corrected chi connectivity index (χ2v) is 23.5. The zero-order chi connectivity index (χ0) is 64.9. The molecule has 0 bridgehead atoms. The molecule has 0 fully saturated rings. The maximum atomic E-state index is 8.98. The molecule has 0 spiro atoms. The molecule has 6 aromatic carbocycles. The van der Waals surface area contributed by atoms with Crippen LogP contribution >= 0.6 is 0 Å². The van der Waals surface area contributed by atoms with Gasteiger partial charge in [0.05, 0.1) is 109 Å². The minimum Gasteiger partial charge on any atom is -0.497 e. The van der Waals surface area contributed by atoms with Crippen LogP contribution in [0.2, 0.25) is 0 Å². The molecule has 484 valence electrons. The van der Waals surface area contributed by atoms with Crippen LogP contribution in [0.1, 0.15) is 148 Å². The first-order valence-electron chi connectivity index (χ1n) is 32.9. The lowest BCUT2D eigenvalue weighted by Gasteiger charge is -2.15. The predicted octanol–water partition coefficient (Wildman–Crippen LogP) is 16.9. The van der Waals surface area contributed by atoms with Crippen LogP contribution in [-0.2, 0) is 64.5 Å². The molecule has 0 saturated carbocycles. The molecule has 15 nitrogen and oxygen atoms in total. The highest BCUT2D eigenvalue weighted by molar-refractivity contribution is 6.05. The van der Waals surface area contributed by atoms with Crippen LogP contribution < -0.4 is 37.9 Å². The average molecular weight is 1240 g/mol. The molecule has 0 aliphatic carbocycles. The standard InChI is InChI=1S/C39H49N3O4.C38H44N4O4/c1-7-9-11-12-13-27-15-21-32-34(23-27)40-33(22-18-28-16-19-30(43-3)24-35(28)45-5)38-39(32)42(37(41-38)14-10-8-2)26-29-17-20-31(44-4)25-36(29)46-6;1-6-7-12-36-41-37-32(20-16-27-14-17-29(43-2)23-34(27)45-4)40-33-22-26(11-9-8-10-21-39)13-19-31(33)38(37)42(36)25-28-15-18-30(44-3)24-35(28)46-5/h15-17,19-21,23-25H,7-14,18,22,26H2,1-6H3;13-15,17-19,22-24H,6-12,16,20,25H2,1-5H3. The van der Waals surface area contributed by atoms with E-state index in [1.165, 1.54) is 36.8 Å². The predicted molar refractivity (Wildman–Crippen MR) is 370 cm³/mol. The van der Waals surface area contributed by atoms with E-state index >= 15 is 0 Å². The van der Waals surface area contributed by atoms with Crippen molar-refractivity contribution in [2.24, 2.45) is 0 Å². The lowest BCUT2D eigenvalue weighted by Crippen LogP contribution is -2.07. The van der Waals surface area contributed by atoms with E-state index in [0.717, 1.165) is 219 Å². The van der Waals surface area contributed by atoms with Gasteiger partial charge in [-0.3, -0.25) is 9.97 Å². The molecule has 0 atom stereocenters. The van der Waals surface area contributed by atoms with Gasteiger partial charge >= 0.3 is 0 Å². The maximum absolute atomic E-state index is 8.98. The number of aryl methyl sites for hydroxylation is 8. The summed E-state index contributed by atoms with van der Waals surface area (Å²) < 4.78 is 49.7. The fraction of sp³-hybridized carbons (Fsp3) is 0.416. The first kappa shape index (κ1) is 67.4. The lowest BCUT2D eigenvalue weighted by molar-refractivity contribution is 0.390. The lowest BCUT2D eigenvalue weighted by atomic mass is 10.0. The van der Waals surface area contributed by atoms with Crippen molar-refractivity contribution in [2.75, 3.05) is 56.9 Å². The zero-order valence-electron chi connectivity index (χ0n) is 56.1. The number of nitriles is 1. The maximum Gasteiger partial charge on any atom is 0.127 e. The van der Waals surface area contributed by atoms with Crippen molar-refractivity contribution in [3.05, 3.63) is 166 Å². The van der Waals surface area contributed by atoms with Crippen LogP contribution in [0.3, 0.4) is 0 Å². The number of hydrogen-bond acceptors (Lipinski definition) is 13. The highest BCUT2D eigenvalue weighted by Crippen LogP contribution is 2.37. The smallest absolute Gasteiger partial charge is 0.127 e. The molecular weight excluding hydrogens is 1150 g/mol. The van der Waals surface area contributed by atoms with E-state index in [-0.39, 0.29) is 0 Å². The number of nitrogens with zero attached hydrogens (tertiary/aromatic N) is 7. The van der Waals surface area contributed by atoms with Gasteiger partial charge in [-0.2, -0.15) is 5.26 Å². The quantitative estimate of drug-likeness (QED) is 0.0358. The van der Waals surface area contributed by atoms with Gasteiger partial charge in [0, 0.05) is 65.4 Å². The summed E-state index contributed by atoms with van der Waals surface area (Å²) in [7, 11) is 13.5. The summed E-state index contributed by atoms with van der Waals surface area (Å²) in [5.74, 6) is 8.44. The van der Waals surface area contributed by atoms with Gasteiger partial charge in [-0.25, -0.2) is 9.97 Å². The van der Waals surface area contributed by atoms with Gasteiger partial charge in [0.1, 0.15) is 68.7 Å². The molecule has 0 unspecified atom stereocenters. The Balaban J connectivity index is 0.000000217. The third kappa shape index (κ3) is 16.2.